The van der Waals surface area contributed by atoms with Gasteiger partial charge >= 0.3 is 0 Å². The molecule has 0 aliphatic heterocycles. The van der Waals surface area contributed by atoms with E-state index in [1.807, 2.05) is 6.92 Å². The van der Waals surface area contributed by atoms with Crippen LogP contribution in [0.3, 0.4) is 0 Å². The van der Waals surface area contributed by atoms with E-state index in [1.54, 1.807) is 0 Å². The Morgan fingerprint density at radius 1 is 1.44 bits per heavy atom. The van der Waals surface area contributed by atoms with Crippen molar-refractivity contribution < 1.29 is 0 Å². The Labute approximate surface area is 58.3 Å². The second kappa shape index (κ2) is 5.61. The number of hydrogen-bond acceptors (Lipinski definition) is 0. The van der Waals surface area contributed by atoms with E-state index in [4.69, 9.17) is 0 Å². The first-order chi connectivity index (χ1) is 4.31. The summed E-state index contributed by atoms with van der Waals surface area (Å²) >= 11 is 0. The van der Waals surface area contributed by atoms with Crippen LogP contribution in [0.5, 0.6) is 0 Å². The summed E-state index contributed by atoms with van der Waals surface area (Å²) in [7, 11) is 0. The molecule has 0 saturated carbocycles. The second-order valence-electron chi connectivity index (χ2n) is 2.29. The first kappa shape index (κ1) is 8.48. The molecule has 0 rings (SSSR count). The standard InChI is InChI=1S/C9H16/c1-4-6-8-9(3)7-5-2/h4,6,8H,5,7H2,1-3H3/b6-4-,9-8-. The minimum atomic E-state index is 1.23. The van der Waals surface area contributed by atoms with Crippen LogP contribution >= 0.6 is 0 Å². The molecule has 0 saturated heterocycles. The third-order valence-corrected chi connectivity index (χ3v) is 1.22. The lowest BCUT2D eigenvalue weighted by molar-refractivity contribution is 0.906. The van der Waals surface area contributed by atoms with Crippen molar-refractivity contribution in [1.29, 1.82) is 0 Å². The van der Waals surface area contributed by atoms with E-state index < -0.39 is 0 Å². The van der Waals surface area contributed by atoms with Gasteiger partial charge in [0.15, 0.2) is 0 Å². The van der Waals surface area contributed by atoms with Crippen molar-refractivity contribution in [2.24, 2.45) is 0 Å². The Morgan fingerprint density at radius 2 is 2.11 bits per heavy atom. The monoisotopic (exact) mass is 124 g/mol. The minimum Gasteiger partial charge on any atom is -0.0877 e. The Hall–Kier alpha value is -0.520. The number of hydrogen-bond donors (Lipinski definition) is 0. The quantitative estimate of drug-likeness (QED) is 0.506. The van der Waals surface area contributed by atoms with E-state index in [1.165, 1.54) is 18.4 Å². The lowest BCUT2D eigenvalue weighted by atomic mass is 10.2. The topological polar surface area (TPSA) is 0 Å². The molecule has 0 aromatic carbocycles. The van der Waals surface area contributed by atoms with Gasteiger partial charge in [-0.1, -0.05) is 37.1 Å². The summed E-state index contributed by atoms with van der Waals surface area (Å²) in [6.45, 7) is 6.41. The zero-order chi connectivity index (χ0) is 7.11. The lowest BCUT2D eigenvalue weighted by Crippen LogP contribution is -1.71. The number of allylic oxidation sites excluding steroid dienone is 4. The summed E-state index contributed by atoms with van der Waals surface area (Å²) in [5.41, 5.74) is 1.47. The van der Waals surface area contributed by atoms with Gasteiger partial charge in [-0.15, -0.1) is 0 Å². The first-order valence-electron chi connectivity index (χ1n) is 3.59. The third kappa shape index (κ3) is 5.35. The van der Waals surface area contributed by atoms with Crippen LogP contribution in [0.25, 0.3) is 0 Å². The summed E-state index contributed by atoms with van der Waals surface area (Å²) in [5.74, 6) is 0. The molecule has 52 valence electrons. The molecule has 0 heterocycles. The molecule has 0 aromatic rings. The molecule has 9 heavy (non-hydrogen) atoms. The van der Waals surface area contributed by atoms with Crippen LogP contribution in [0.4, 0.5) is 0 Å². The molecule has 0 amide bonds. The molecule has 0 nitrogen and oxygen atoms in total. The van der Waals surface area contributed by atoms with Crippen molar-refractivity contribution in [2.45, 2.75) is 33.6 Å². The Balaban J connectivity index is 3.55. The Bertz CT molecular complexity index is 107. The molecule has 0 heteroatoms. The fourth-order valence-corrected chi connectivity index (χ4v) is 0.738. The van der Waals surface area contributed by atoms with E-state index >= 15 is 0 Å². The Morgan fingerprint density at radius 3 is 2.56 bits per heavy atom. The first-order valence-corrected chi connectivity index (χ1v) is 3.59. The van der Waals surface area contributed by atoms with Gasteiger partial charge in [-0.3, -0.25) is 0 Å². The molecule has 0 aliphatic carbocycles. The van der Waals surface area contributed by atoms with Crippen molar-refractivity contribution in [1.82, 2.24) is 0 Å². The zero-order valence-corrected chi connectivity index (χ0v) is 6.65. The van der Waals surface area contributed by atoms with Crippen LogP contribution in [0.15, 0.2) is 23.8 Å². The molecular formula is C9H16. The maximum absolute atomic E-state index is 2.20. The highest BCUT2D eigenvalue weighted by Crippen LogP contribution is 2.02. The fourth-order valence-electron chi connectivity index (χ4n) is 0.738. The second-order valence-corrected chi connectivity index (χ2v) is 2.29. The van der Waals surface area contributed by atoms with Crippen molar-refractivity contribution in [3.63, 3.8) is 0 Å². The van der Waals surface area contributed by atoms with Crippen LogP contribution in [-0.4, -0.2) is 0 Å². The van der Waals surface area contributed by atoms with Gasteiger partial charge in [0.2, 0.25) is 0 Å². The van der Waals surface area contributed by atoms with E-state index in [-0.39, 0.29) is 0 Å². The average molecular weight is 124 g/mol. The fraction of sp³-hybridized carbons (Fsp3) is 0.556. The van der Waals surface area contributed by atoms with Gasteiger partial charge in [0.05, 0.1) is 0 Å². The molecule has 0 bridgehead atoms. The van der Waals surface area contributed by atoms with E-state index in [0.29, 0.717) is 0 Å². The summed E-state index contributed by atoms with van der Waals surface area (Å²) in [5, 5.41) is 0. The summed E-state index contributed by atoms with van der Waals surface area (Å²) in [6, 6.07) is 0. The van der Waals surface area contributed by atoms with Crippen LogP contribution < -0.4 is 0 Å². The predicted octanol–water partition coefficient (Wildman–Crippen LogP) is 3.31. The van der Waals surface area contributed by atoms with Crippen LogP contribution in [0.1, 0.15) is 33.6 Å². The van der Waals surface area contributed by atoms with Gasteiger partial charge in [-0.2, -0.15) is 0 Å². The molecule has 0 spiro atoms. The molecular weight excluding hydrogens is 108 g/mol. The predicted molar refractivity (Wildman–Crippen MR) is 43.5 cm³/mol. The van der Waals surface area contributed by atoms with Crippen LogP contribution in [-0.2, 0) is 0 Å². The molecule has 0 fully saturated rings. The molecule has 0 unspecified atom stereocenters. The molecule has 0 aromatic heterocycles. The van der Waals surface area contributed by atoms with E-state index in [2.05, 4.69) is 32.1 Å². The van der Waals surface area contributed by atoms with E-state index in [9.17, 15) is 0 Å². The normalized spacial score (nSPS) is 13.0. The number of rotatable bonds is 3. The van der Waals surface area contributed by atoms with Gasteiger partial charge in [0.1, 0.15) is 0 Å². The van der Waals surface area contributed by atoms with Crippen LogP contribution in [0.2, 0.25) is 0 Å². The largest absolute Gasteiger partial charge is 0.0877 e. The van der Waals surface area contributed by atoms with Crippen molar-refractivity contribution >= 4 is 0 Å². The highest BCUT2D eigenvalue weighted by Gasteiger charge is 1.81. The van der Waals surface area contributed by atoms with Crippen LogP contribution in [0, 0.1) is 0 Å². The van der Waals surface area contributed by atoms with Crippen molar-refractivity contribution in [3.05, 3.63) is 23.8 Å². The van der Waals surface area contributed by atoms with Gasteiger partial charge in [0, 0.05) is 0 Å². The zero-order valence-electron chi connectivity index (χ0n) is 6.65. The molecule has 0 aliphatic rings. The van der Waals surface area contributed by atoms with Gasteiger partial charge < -0.3 is 0 Å². The van der Waals surface area contributed by atoms with Gasteiger partial charge in [0.25, 0.3) is 0 Å². The average Bonchev–Trinajstić information content (AvgIpc) is 1.85. The van der Waals surface area contributed by atoms with Crippen molar-refractivity contribution in [3.8, 4) is 0 Å². The Kier molecular flexibility index (Phi) is 5.29. The summed E-state index contributed by atoms with van der Waals surface area (Å²) < 4.78 is 0. The third-order valence-electron chi connectivity index (χ3n) is 1.22. The van der Waals surface area contributed by atoms with E-state index in [0.717, 1.165) is 0 Å². The minimum absolute atomic E-state index is 1.23. The highest BCUT2D eigenvalue weighted by molar-refractivity contribution is 5.09. The smallest absolute Gasteiger partial charge is 0.0323 e. The lowest BCUT2D eigenvalue weighted by Gasteiger charge is -1.92. The summed E-state index contributed by atoms with van der Waals surface area (Å²) in [6.07, 6.45) is 8.79. The maximum atomic E-state index is 2.20. The highest BCUT2D eigenvalue weighted by atomic mass is 13.9. The van der Waals surface area contributed by atoms with Crippen molar-refractivity contribution in [2.75, 3.05) is 0 Å². The van der Waals surface area contributed by atoms with Gasteiger partial charge in [-0.05, 0) is 20.3 Å². The molecule has 0 atom stereocenters. The molecule has 0 radical (unpaired) electrons. The van der Waals surface area contributed by atoms with Gasteiger partial charge in [-0.25, -0.2) is 0 Å². The molecule has 0 N–H and O–H groups in total. The summed E-state index contributed by atoms with van der Waals surface area (Å²) in [4.78, 5) is 0. The maximum Gasteiger partial charge on any atom is -0.0323 e. The SMILES string of the molecule is C/C=C\C=C(\C)CCC.